The van der Waals surface area contributed by atoms with E-state index in [0.29, 0.717) is 6.42 Å². The van der Waals surface area contributed by atoms with Gasteiger partial charge in [-0.25, -0.2) is 0 Å². The highest BCUT2D eigenvalue weighted by Gasteiger charge is 2.06. The number of carbonyl (C=O) groups is 1. The van der Waals surface area contributed by atoms with Gasteiger partial charge in [-0.15, -0.1) is 0 Å². The zero-order chi connectivity index (χ0) is 15.8. The molecule has 0 bridgehead atoms. The van der Waals surface area contributed by atoms with Gasteiger partial charge in [0.05, 0.1) is 0 Å². The number of carboxylic acids is 1. The monoisotopic (exact) mass is 351 g/mol. The van der Waals surface area contributed by atoms with Crippen LogP contribution in [0.5, 0.6) is 0 Å². The van der Waals surface area contributed by atoms with Crippen molar-refractivity contribution in [1.29, 1.82) is 0 Å². The molecule has 1 heterocycles. The third-order valence-electron chi connectivity index (χ3n) is 3.31. The molecule has 0 amide bonds. The van der Waals surface area contributed by atoms with E-state index in [1.54, 1.807) is 0 Å². The quantitative estimate of drug-likeness (QED) is 0.598. The molecule has 2 aromatic rings. The number of aryl methyl sites for hydroxylation is 1. The van der Waals surface area contributed by atoms with Crippen LogP contribution in [0.15, 0.2) is 48.7 Å². The topological polar surface area (TPSA) is 41.2 Å². The van der Waals surface area contributed by atoms with Gasteiger partial charge in [0.15, 0.2) is 6.20 Å². The van der Waals surface area contributed by atoms with Gasteiger partial charge >= 0.3 is 5.97 Å². The third kappa shape index (κ3) is 6.85. The van der Waals surface area contributed by atoms with Crippen molar-refractivity contribution in [2.45, 2.75) is 25.8 Å². The largest absolute Gasteiger partial charge is 1.00 e. The van der Waals surface area contributed by atoms with Gasteiger partial charge in [0, 0.05) is 36.1 Å². The maximum absolute atomic E-state index is 10.5. The van der Waals surface area contributed by atoms with Crippen LogP contribution >= 0.6 is 11.6 Å². The molecule has 0 spiro atoms. The van der Waals surface area contributed by atoms with Crippen molar-refractivity contribution >= 4 is 29.7 Å². The lowest BCUT2D eigenvalue weighted by atomic mass is 10.2. The Morgan fingerprint density at radius 1 is 1.13 bits per heavy atom. The van der Waals surface area contributed by atoms with Crippen LogP contribution in [0.2, 0.25) is 5.02 Å². The summed E-state index contributed by atoms with van der Waals surface area (Å²) in [5.74, 6) is -0.737. The van der Waals surface area contributed by atoms with Crippen LogP contribution in [0.3, 0.4) is 0 Å². The van der Waals surface area contributed by atoms with Crippen molar-refractivity contribution in [1.82, 2.24) is 0 Å². The number of halogens is 2. The van der Waals surface area contributed by atoms with E-state index in [4.69, 9.17) is 16.7 Å². The van der Waals surface area contributed by atoms with Gasteiger partial charge in [0.2, 0.25) is 5.69 Å². The third-order valence-corrected chi connectivity index (χ3v) is 3.55. The summed E-state index contributed by atoms with van der Waals surface area (Å²) in [5.41, 5.74) is 2.13. The number of pyridine rings is 1. The van der Waals surface area contributed by atoms with Crippen molar-refractivity contribution in [3.63, 3.8) is 0 Å². The van der Waals surface area contributed by atoms with E-state index in [1.165, 1.54) is 0 Å². The van der Waals surface area contributed by atoms with E-state index in [2.05, 4.69) is 4.57 Å². The minimum absolute atomic E-state index is 0. The SMILES string of the molecule is O=C(O)CCCC[n+]1ccccc1/C=C/c1cccc(Cl)c1.[Cl-]. The van der Waals surface area contributed by atoms with Crippen LogP contribution in [0, 0.1) is 0 Å². The molecule has 122 valence electrons. The molecule has 0 radical (unpaired) electrons. The van der Waals surface area contributed by atoms with Gasteiger partial charge < -0.3 is 17.5 Å². The zero-order valence-electron chi connectivity index (χ0n) is 12.7. The molecule has 0 atom stereocenters. The highest BCUT2D eigenvalue weighted by atomic mass is 35.5. The van der Waals surface area contributed by atoms with Crippen molar-refractivity contribution in [3.05, 3.63) is 64.9 Å². The van der Waals surface area contributed by atoms with Crippen molar-refractivity contribution in [2.75, 3.05) is 0 Å². The summed E-state index contributed by atoms with van der Waals surface area (Å²) in [6.07, 6.45) is 7.84. The van der Waals surface area contributed by atoms with Gasteiger partial charge in [0.1, 0.15) is 6.54 Å². The second-order valence-corrected chi connectivity index (χ2v) is 5.49. The average Bonchev–Trinajstić information content (AvgIpc) is 2.50. The number of rotatable bonds is 7. The molecule has 0 saturated heterocycles. The molecule has 0 saturated carbocycles. The molecular weight excluding hydrogens is 333 g/mol. The molecule has 1 N–H and O–H groups in total. The highest BCUT2D eigenvalue weighted by Crippen LogP contribution is 2.13. The minimum Gasteiger partial charge on any atom is -1.00 e. The first kappa shape index (κ1) is 19.2. The predicted molar refractivity (Wildman–Crippen MR) is 88.5 cm³/mol. The van der Waals surface area contributed by atoms with Gasteiger partial charge in [-0.05, 0) is 36.3 Å². The molecule has 5 heteroatoms. The molecule has 3 nitrogen and oxygen atoms in total. The number of benzene rings is 1. The van der Waals surface area contributed by atoms with Gasteiger partial charge in [0.25, 0.3) is 0 Å². The Hall–Kier alpha value is -1.84. The average molecular weight is 352 g/mol. The number of hydrogen-bond acceptors (Lipinski definition) is 1. The first-order valence-electron chi connectivity index (χ1n) is 7.29. The molecule has 0 aliphatic rings. The molecule has 23 heavy (non-hydrogen) atoms. The second kappa shape index (κ2) is 10.0. The van der Waals surface area contributed by atoms with Gasteiger partial charge in [-0.1, -0.05) is 23.7 Å². The lowest BCUT2D eigenvalue weighted by Crippen LogP contribution is -3.00. The molecule has 0 fully saturated rings. The van der Waals surface area contributed by atoms with Crippen LogP contribution in [-0.2, 0) is 11.3 Å². The summed E-state index contributed by atoms with van der Waals surface area (Å²) in [4.78, 5) is 10.5. The molecule has 0 aliphatic carbocycles. The number of aromatic nitrogens is 1. The van der Waals surface area contributed by atoms with E-state index in [-0.39, 0.29) is 18.8 Å². The number of aliphatic carboxylic acids is 1. The summed E-state index contributed by atoms with van der Waals surface area (Å²) in [5, 5.41) is 9.39. The summed E-state index contributed by atoms with van der Waals surface area (Å²) >= 11 is 5.98. The number of unbranched alkanes of at least 4 members (excludes halogenated alkanes) is 1. The number of nitrogens with zero attached hydrogens (tertiary/aromatic N) is 1. The first-order valence-corrected chi connectivity index (χ1v) is 7.67. The van der Waals surface area contributed by atoms with Crippen molar-refractivity contribution in [3.8, 4) is 0 Å². The maximum Gasteiger partial charge on any atom is 0.303 e. The molecule has 0 unspecified atom stereocenters. The van der Waals surface area contributed by atoms with E-state index in [9.17, 15) is 4.79 Å². The van der Waals surface area contributed by atoms with Crippen LogP contribution in [-0.4, -0.2) is 11.1 Å². The lowest BCUT2D eigenvalue weighted by molar-refractivity contribution is -0.699. The minimum atomic E-state index is -0.737. The second-order valence-electron chi connectivity index (χ2n) is 5.06. The van der Waals surface area contributed by atoms with E-state index in [0.717, 1.165) is 29.2 Å². The summed E-state index contributed by atoms with van der Waals surface area (Å²) in [6, 6.07) is 13.7. The van der Waals surface area contributed by atoms with Gasteiger partial charge in [-0.2, -0.15) is 4.57 Å². The number of carboxylic acid groups (broad SMARTS) is 1. The molecule has 0 aliphatic heterocycles. The van der Waals surface area contributed by atoms with Crippen LogP contribution in [0.4, 0.5) is 0 Å². The zero-order valence-corrected chi connectivity index (χ0v) is 14.2. The highest BCUT2D eigenvalue weighted by molar-refractivity contribution is 6.30. The fraction of sp³-hybridized carbons (Fsp3) is 0.222. The molecular formula is C18H19Cl2NO2. The predicted octanol–water partition coefficient (Wildman–Crippen LogP) is 1.06. The Bertz CT molecular complexity index is 672. The maximum atomic E-state index is 10.5. The van der Waals surface area contributed by atoms with E-state index >= 15 is 0 Å². The number of hydrogen-bond donors (Lipinski definition) is 1. The Kier molecular flexibility index (Phi) is 8.38. The summed E-state index contributed by atoms with van der Waals surface area (Å²) in [7, 11) is 0. The van der Waals surface area contributed by atoms with Crippen LogP contribution < -0.4 is 17.0 Å². The Morgan fingerprint density at radius 2 is 1.96 bits per heavy atom. The van der Waals surface area contributed by atoms with Crippen LogP contribution in [0.25, 0.3) is 12.2 Å². The Morgan fingerprint density at radius 3 is 2.70 bits per heavy atom. The molecule has 1 aromatic carbocycles. The van der Waals surface area contributed by atoms with Gasteiger partial charge in [-0.3, -0.25) is 4.79 Å². The van der Waals surface area contributed by atoms with Crippen molar-refractivity contribution in [2.24, 2.45) is 0 Å². The first-order chi connectivity index (χ1) is 10.6. The van der Waals surface area contributed by atoms with Crippen LogP contribution in [0.1, 0.15) is 30.5 Å². The molecule has 1 aromatic heterocycles. The fourth-order valence-electron chi connectivity index (χ4n) is 2.19. The van der Waals surface area contributed by atoms with E-state index in [1.807, 2.05) is 60.8 Å². The Labute approximate surface area is 147 Å². The fourth-order valence-corrected chi connectivity index (χ4v) is 2.39. The standard InChI is InChI=1S/C18H18ClNO2.ClH/c19-16-7-5-6-15(14-16)10-11-17-8-1-3-12-20(17)13-4-2-9-18(21)22;/h1,3,5-8,10-12,14H,2,4,9,13H2;1H/b11-10+;. The normalized spacial score (nSPS) is 10.5. The smallest absolute Gasteiger partial charge is 0.303 e. The molecule has 2 rings (SSSR count). The van der Waals surface area contributed by atoms with Crippen molar-refractivity contribution < 1.29 is 26.9 Å². The van der Waals surface area contributed by atoms with E-state index < -0.39 is 5.97 Å². The summed E-state index contributed by atoms with van der Waals surface area (Å²) in [6.45, 7) is 0.809. The lowest BCUT2D eigenvalue weighted by Gasteiger charge is -2.00. The Balaban J connectivity index is 0.00000264. The summed E-state index contributed by atoms with van der Waals surface area (Å²) < 4.78 is 2.13.